The molecule has 0 fully saturated rings. The van der Waals surface area contributed by atoms with Crippen LogP contribution in [0.1, 0.15) is 0 Å². The summed E-state index contributed by atoms with van der Waals surface area (Å²) in [5.74, 6) is 0. The number of hydrogen-bond acceptors (Lipinski definition) is 2. The standard InChI is InChI=1S/C6H8BrNS/c1-8(2)6-3-5(7)4-9-6/h3-4H,1-2H3. The van der Waals surface area contributed by atoms with Gasteiger partial charge < -0.3 is 4.90 Å². The van der Waals surface area contributed by atoms with E-state index in [4.69, 9.17) is 0 Å². The monoisotopic (exact) mass is 205 g/mol. The maximum atomic E-state index is 3.38. The second kappa shape index (κ2) is 2.71. The molecule has 1 rings (SSSR count). The molecule has 1 heterocycles. The lowest BCUT2D eigenvalue weighted by molar-refractivity contribution is 1.16. The van der Waals surface area contributed by atoms with E-state index >= 15 is 0 Å². The Bertz CT molecular complexity index is 195. The first-order valence-corrected chi connectivity index (χ1v) is 4.29. The summed E-state index contributed by atoms with van der Waals surface area (Å²) >= 11 is 5.12. The van der Waals surface area contributed by atoms with E-state index in [0.717, 1.165) is 4.47 Å². The zero-order valence-electron chi connectivity index (χ0n) is 5.39. The van der Waals surface area contributed by atoms with Crippen molar-refractivity contribution in [1.29, 1.82) is 0 Å². The topological polar surface area (TPSA) is 3.24 Å². The number of anilines is 1. The molecule has 0 spiro atoms. The first-order valence-electron chi connectivity index (χ1n) is 2.61. The zero-order chi connectivity index (χ0) is 6.85. The van der Waals surface area contributed by atoms with E-state index in [2.05, 4.69) is 32.3 Å². The van der Waals surface area contributed by atoms with E-state index < -0.39 is 0 Å². The molecule has 0 aliphatic heterocycles. The fourth-order valence-corrected chi connectivity index (χ4v) is 1.89. The van der Waals surface area contributed by atoms with Crippen LogP contribution in [-0.2, 0) is 0 Å². The highest BCUT2D eigenvalue weighted by atomic mass is 79.9. The van der Waals surface area contributed by atoms with Gasteiger partial charge in [-0.1, -0.05) is 0 Å². The van der Waals surface area contributed by atoms with Crippen molar-refractivity contribution in [3.05, 3.63) is 15.9 Å². The lowest BCUT2D eigenvalue weighted by atomic mass is 10.6. The summed E-state index contributed by atoms with van der Waals surface area (Å²) in [5.41, 5.74) is 0. The van der Waals surface area contributed by atoms with Crippen molar-refractivity contribution in [3.8, 4) is 0 Å². The summed E-state index contributed by atoms with van der Waals surface area (Å²) in [6, 6.07) is 2.10. The number of rotatable bonds is 1. The smallest absolute Gasteiger partial charge is 0.0914 e. The molecule has 0 aliphatic carbocycles. The fraction of sp³-hybridized carbons (Fsp3) is 0.333. The molecule has 0 saturated heterocycles. The molecule has 9 heavy (non-hydrogen) atoms. The third-order valence-corrected chi connectivity index (χ3v) is 2.85. The Morgan fingerprint density at radius 1 is 1.56 bits per heavy atom. The van der Waals surface area contributed by atoms with Crippen LogP contribution < -0.4 is 4.90 Å². The van der Waals surface area contributed by atoms with Crippen LogP contribution in [-0.4, -0.2) is 14.1 Å². The molecule has 0 saturated carbocycles. The van der Waals surface area contributed by atoms with E-state index in [1.54, 1.807) is 11.3 Å². The van der Waals surface area contributed by atoms with Gasteiger partial charge in [-0.25, -0.2) is 0 Å². The number of hydrogen-bond donors (Lipinski definition) is 0. The highest BCUT2D eigenvalue weighted by Crippen LogP contribution is 2.25. The lowest BCUT2D eigenvalue weighted by Crippen LogP contribution is -2.05. The molecule has 3 heteroatoms. The third kappa shape index (κ3) is 1.69. The fourth-order valence-electron chi connectivity index (χ4n) is 0.537. The summed E-state index contributed by atoms with van der Waals surface area (Å²) < 4.78 is 1.16. The van der Waals surface area contributed by atoms with Crippen LogP contribution in [0.15, 0.2) is 15.9 Å². The molecule has 1 aromatic rings. The Morgan fingerprint density at radius 3 is 2.44 bits per heavy atom. The minimum absolute atomic E-state index is 1.16. The van der Waals surface area contributed by atoms with Crippen molar-refractivity contribution in [2.45, 2.75) is 0 Å². The second-order valence-corrected chi connectivity index (χ2v) is 3.80. The van der Waals surface area contributed by atoms with Crippen LogP contribution >= 0.6 is 27.3 Å². The van der Waals surface area contributed by atoms with Crippen LogP contribution in [0.4, 0.5) is 5.00 Å². The van der Waals surface area contributed by atoms with Gasteiger partial charge in [0.2, 0.25) is 0 Å². The van der Waals surface area contributed by atoms with Gasteiger partial charge in [-0.05, 0) is 22.0 Å². The number of nitrogens with zero attached hydrogens (tertiary/aromatic N) is 1. The van der Waals surface area contributed by atoms with E-state index in [9.17, 15) is 0 Å². The zero-order valence-corrected chi connectivity index (χ0v) is 7.79. The van der Waals surface area contributed by atoms with Gasteiger partial charge in [0.15, 0.2) is 0 Å². The third-order valence-electron chi connectivity index (χ3n) is 0.994. The maximum Gasteiger partial charge on any atom is 0.0914 e. The lowest BCUT2D eigenvalue weighted by Gasteiger charge is -2.06. The van der Waals surface area contributed by atoms with E-state index in [1.165, 1.54) is 5.00 Å². The summed E-state index contributed by atoms with van der Waals surface area (Å²) in [6.45, 7) is 0. The maximum absolute atomic E-state index is 3.38. The van der Waals surface area contributed by atoms with Crippen molar-refractivity contribution in [2.24, 2.45) is 0 Å². The molecule has 0 N–H and O–H groups in total. The Morgan fingerprint density at radius 2 is 2.22 bits per heavy atom. The number of halogens is 1. The van der Waals surface area contributed by atoms with Gasteiger partial charge in [-0.3, -0.25) is 0 Å². The second-order valence-electron chi connectivity index (χ2n) is 2.00. The summed E-state index contributed by atoms with van der Waals surface area (Å²) in [5, 5.41) is 3.36. The van der Waals surface area contributed by atoms with E-state index in [1.807, 2.05) is 14.1 Å². The molecule has 1 nitrogen and oxygen atoms in total. The molecular formula is C6H8BrNS. The molecule has 0 unspecified atom stereocenters. The first-order chi connectivity index (χ1) is 4.20. The van der Waals surface area contributed by atoms with Crippen molar-refractivity contribution >= 4 is 32.3 Å². The van der Waals surface area contributed by atoms with Crippen molar-refractivity contribution < 1.29 is 0 Å². The molecule has 1 aromatic heterocycles. The summed E-state index contributed by atoms with van der Waals surface area (Å²) in [4.78, 5) is 2.09. The molecule has 0 bridgehead atoms. The summed E-state index contributed by atoms with van der Waals surface area (Å²) in [7, 11) is 4.08. The van der Waals surface area contributed by atoms with Crippen LogP contribution in [0, 0.1) is 0 Å². The van der Waals surface area contributed by atoms with E-state index in [-0.39, 0.29) is 0 Å². The molecule has 0 aliphatic rings. The van der Waals surface area contributed by atoms with Gasteiger partial charge in [0.25, 0.3) is 0 Å². The predicted molar refractivity (Wildman–Crippen MR) is 46.3 cm³/mol. The van der Waals surface area contributed by atoms with Crippen LogP contribution in [0.25, 0.3) is 0 Å². The average Bonchev–Trinajstić information content (AvgIpc) is 2.14. The predicted octanol–water partition coefficient (Wildman–Crippen LogP) is 2.58. The van der Waals surface area contributed by atoms with Gasteiger partial charge >= 0.3 is 0 Å². The molecule has 0 atom stereocenters. The van der Waals surface area contributed by atoms with Gasteiger partial charge in [0.1, 0.15) is 0 Å². The Labute approximate surface area is 67.4 Å². The molecule has 50 valence electrons. The van der Waals surface area contributed by atoms with Crippen molar-refractivity contribution in [1.82, 2.24) is 0 Å². The highest BCUT2D eigenvalue weighted by molar-refractivity contribution is 9.10. The van der Waals surface area contributed by atoms with Crippen molar-refractivity contribution in [3.63, 3.8) is 0 Å². The van der Waals surface area contributed by atoms with Crippen LogP contribution in [0.2, 0.25) is 0 Å². The highest BCUT2D eigenvalue weighted by Gasteiger charge is 1.96. The molecule has 0 aromatic carbocycles. The van der Waals surface area contributed by atoms with Gasteiger partial charge in [-0.15, -0.1) is 11.3 Å². The quantitative estimate of drug-likeness (QED) is 0.682. The molecule has 0 radical (unpaired) electrons. The minimum Gasteiger partial charge on any atom is -0.370 e. The minimum atomic E-state index is 1.16. The SMILES string of the molecule is CN(C)c1cc(Br)cs1. The number of thiophene rings is 1. The van der Waals surface area contributed by atoms with Gasteiger partial charge in [0, 0.05) is 23.9 Å². The average molecular weight is 206 g/mol. The molecular weight excluding hydrogens is 198 g/mol. The van der Waals surface area contributed by atoms with Gasteiger partial charge in [-0.2, -0.15) is 0 Å². The normalized spacial score (nSPS) is 9.67. The Balaban J connectivity index is 2.85. The van der Waals surface area contributed by atoms with E-state index in [0.29, 0.717) is 0 Å². The van der Waals surface area contributed by atoms with Crippen LogP contribution in [0.3, 0.4) is 0 Å². The van der Waals surface area contributed by atoms with Crippen molar-refractivity contribution in [2.75, 3.05) is 19.0 Å². The summed E-state index contributed by atoms with van der Waals surface area (Å²) in [6.07, 6.45) is 0. The van der Waals surface area contributed by atoms with Crippen LogP contribution in [0.5, 0.6) is 0 Å². The first kappa shape index (κ1) is 7.09. The largest absolute Gasteiger partial charge is 0.370 e. The Kier molecular flexibility index (Phi) is 2.13. The van der Waals surface area contributed by atoms with Gasteiger partial charge in [0.05, 0.1) is 5.00 Å². The Hall–Kier alpha value is -0.0200. The molecule has 0 amide bonds.